The third-order valence-corrected chi connectivity index (χ3v) is 3.40. The molecule has 0 saturated carbocycles. The molecule has 0 saturated heterocycles. The second-order valence-corrected chi connectivity index (χ2v) is 5.10. The zero-order valence-corrected chi connectivity index (χ0v) is 12.3. The van der Waals surface area contributed by atoms with Gasteiger partial charge in [-0.1, -0.05) is 11.6 Å². The Morgan fingerprint density at radius 3 is 2.85 bits per heavy atom. The number of fused-ring (bicyclic) bond motifs is 1. The van der Waals surface area contributed by atoms with Crippen molar-refractivity contribution in [2.75, 3.05) is 0 Å². The maximum absolute atomic E-state index is 5.95. The SMILES string of the molecule is Cn1cnc(CCn2c(CCl)nc3cc(Cl)cnc32)n1. The molecule has 0 amide bonds. The summed E-state index contributed by atoms with van der Waals surface area (Å²) in [6.45, 7) is 0.678. The summed E-state index contributed by atoms with van der Waals surface area (Å²) in [5, 5.41) is 4.82. The van der Waals surface area contributed by atoms with Crippen molar-refractivity contribution in [1.82, 2.24) is 29.3 Å². The summed E-state index contributed by atoms with van der Waals surface area (Å²) in [5.41, 5.74) is 1.53. The van der Waals surface area contributed by atoms with Gasteiger partial charge in [0.2, 0.25) is 0 Å². The highest BCUT2D eigenvalue weighted by molar-refractivity contribution is 6.31. The van der Waals surface area contributed by atoms with E-state index in [0.29, 0.717) is 23.9 Å². The van der Waals surface area contributed by atoms with Crippen LogP contribution in [0.2, 0.25) is 5.02 Å². The van der Waals surface area contributed by atoms with Gasteiger partial charge < -0.3 is 4.57 Å². The van der Waals surface area contributed by atoms with E-state index in [1.165, 1.54) is 0 Å². The van der Waals surface area contributed by atoms with Crippen molar-refractivity contribution < 1.29 is 0 Å². The Balaban J connectivity index is 1.93. The van der Waals surface area contributed by atoms with Crippen LogP contribution in [-0.4, -0.2) is 29.3 Å². The van der Waals surface area contributed by atoms with Crippen molar-refractivity contribution >= 4 is 34.4 Å². The fourth-order valence-corrected chi connectivity index (χ4v) is 2.44. The van der Waals surface area contributed by atoms with E-state index in [-0.39, 0.29) is 0 Å². The summed E-state index contributed by atoms with van der Waals surface area (Å²) in [6, 6.07) is 1.79. The minimum absolute atomic E-state index is 0.323. The minimum Gasteiger partial charge on any atom is -0.311 e. The predicted molar refractivity (Wildman–Crippen MR) is 76.8 cm³/mol. The quantitative estimate of drug-likeness (QED) is 0.693. The molecule has 0 spiro atoms. The Labute approximate surface area is 125 Å². The van der Waals surface area contributed by atoms with Crippen LogP contribution in [0.15, 0.2) is 18.6 Å². The molecule has 0 radical (unpaired) electrons. The van der Waals surface area contributed by atoms with E-state index in [0.717, 1.165) is 22.8 Å². The van der Waals surface area contributed by atoms with Gasteiger partial charge in [0, 0.05) is 26.2 Å². The maximum Gasteiger partial charge on any atom is 0.160 e. The summed E-state index contributed by atoms with van der Waals surface area (Å²) >= 11 is 11.9. The Morgan fingerprint density at radius 1 is 1.30 bits per heavy atom. The monoisotopic (exact) mass is 310 g/mol. The van der Waals surface area contributed by atoms with Crippen molar-refractivity contribution in [2.45, 2.75) is 18.8 Å². The van der Waals surface area contributed by atoms with Gasteiger partial charge in [-0.25, -0.2) is 15.0 Å². The van der Waals surface area contributed by atoms with Crippen LogP contribution >= 0.6 is 23.2 Å². The summed E-state index contributed by atoms with van der Waals surface area (Å²) in [7, 11) is 1.84. The average Bonchev–Trinajstić information content (AvgIpc) is 2.99. The standard InChI is InChI=1S/C12H12Cl2N6/c1-19-7-16-10(18-19)2-3-20-11(5-13)17-9-4-8(14)6-15-12(9)20/h4,6-7H,2-3,5H2,1H3. The molecular weight excluding hydrogens is 299 g/mol. The molecule has 6 nitrogen and oxygen atoms in total. The van der Waals surface area contributed by atoms with Crippen molar-refractivity contribution in [2.24, 2.45) is 7.05 Å². The largest absolute Gasteiger partial charge is 0.311 e. The molecule has 20 heavy (non-hydrogen) atoms. The van der Waals surface area contributed by atoms with Gasteiger partial charge in [0.05, 0.1) is 10.9 Å². The Hall–Kier alpha value is -1.66. The van der Waals surface area contributed by atoms with Crippen LogP contribution in [-0.2, 0) is 25.9 Å². The number of halogens is 2. The van der Waals surface area contributed by atoms with E-state index >= 15 is 0 Å². The molecule has 0 aliphatic rings. The van der Waals surface area contributed by atoms with Crippen LogP contribution in [0.5, 0.6) is 0 Å². The lowest BCUT2D eigenvalue weighted by Gasteiger charge is -2.05. The van der Waals surface area contributed by atoms with Crippen molar-refractivity contribution in [3.05, 3.63) is 35.3 Å². The first-order valence-corrected chi connectivity index (χ1v) is 7.00. The number of rotatable bonds is 4. The van der Waals surface area contributed by atoms with E-state index in [1.807, 2.05) is 11.6 Å². The number of aromatic nitrogens is 6. The fourth-order valence-electron chi connectivity index (χ4n) is 2.08. The Kier molecular flexibility index (Phi) is 3.58. The molecular formula is C12H12Cl2N6. The lowest BCUT2D eigenvalue weighted by molar-refractivity contribution is 0.650. The third-order valence-electron chi connectivity index (χ3n) is 2.96. The number of aryl methyl sites for hydroxylation is 3. The van der Waals surface area contributed by atoms with Gasteiger partial charge in [-0.2, -0.15) is 5.10 Å². The van der Waals surface area contributed by atoms with Gasteiger partial charge in [-0.3, -0.25) is 4.68 Å². The van der Waals surface area contributed by atoms with Gasteiger partial charge in [0.15, 0.2) is 11.5 Å². The van der Waals surface area contributed by atoms with Gasteiger partial charge in [-0.05, 0) is 6.07 Å². The molecule has 0 atom stereocenters. The molecule has 3 aromatic heterocycles. The lowest BCUT2D eigenvalue weighted by Crippen LogP contribution is -2.07. The molecule has 0 aromatic carbocycles. The molecule has 0 aliphatic heterocycles. The number of imidazole rings is 1. The summed E-state index contributed by atoms with van der Waals surface area (Å²) in [5.74, 6) is 1.88. The van der Waals surface area contributed by atoms with Crippen LogP contribution in [0.1, 0.15) is 11.6 Å². The zero-order chi connectivity index (χ0) is 14.1. The Morgan fingerprint density at radius 2 is 2.15 bits per heavy atom. The minimum atomic E-state index is 0.323. The summed E-state index contributed by atoms with van der Waals surface area (Å²) in [4.78, 5) is 13.0. The molecule has 0 unspecified atom stereocenters. The molecule has 0 fully saturated rings. The number of hydrogen-bond donors (Lipinski definition) is 0. The third kappa shape index (κ3) is 2.48. The van der Waals surface area contributed by atoms with E-state index in [1.54, 1.807) is 23.3 Å². The molecule has 3 rings (SSSR count). The molecule has 8 heteroatoms. The summed E-state index contributed by atoms with van der Waals surface area (Å²) < 4.78 is 3.66. The van der Waals surface area contributed by atoms with E-state index in [9.17, 15) is 0 Å². The molecule has 104 valence electrons. The van der Waals surface area contributed by atoms with Gasteiger partial charge in [0.25, 0.3) is 0 Å². The molecule has 3 heterocycles. The van der Waals surface area contributed by atoms with Gasteiger partial charge >= 0.3 is 0 Å². The highest BCUT2D eigenvalue weighted by Gasteiger charge is 2.12. The highest BCUT2D eigenvalue weighted by Crippen LogP contribution is 2.19. The Bertz CT molecular complexity index is 748. The van der Waals surface area contributed by atoms with Crippen LogP contribution in [0, 0.1) is 0 Å². The van der Waals surface area contributed by atoms with E-state index < -0.39 is 0 Å². The van der Waals surface area contributed by atoms with Crippen LogP contribution in [0.4, 0.5) is 0 Å². The summed E-state index contributed by atoms with van der Waals surface area (Å²) in [6.07, 6.45) is 3.99. The van der Waals surface area contributed by atoms with Crippen molar-refractivity contribution in [3.8, 4) is 0 Å². The molecule has 0 bridgehead atoms. The maximum atomic E-state index is 5.95. The second-order valence-electron chi connectivity index (χ2n) is 4.39. The number of nitrogens with zero attached hydrogens (tertiary/aromatic N) is 6. The first kappa shape index (κ1) is 13.3. The van der Waals surface area contributed by atoms with Gasteiger partial charge in [-0.15, -0.1) is 11.6 Å². The van der Waals surface area contributed by atoms with Crippen molar-refractivity contribution in [1.29, 1.82) is 0 Å². The van der Waals surface area contributed by atoms with Gasteiger partial charge in [0.1, 0.15) is 17.7 Å². The molecule has 0 aliphatic carbocycles. The first-order valence-electron chi connectivity index (χ1n) is 6.08. The lowest BCUT2D eigenvalue weighted by atomic mass is 10.4. The zero-order valence-electron chi connectivity index (χ0n) is 10.8. The average molecular weight is 311 g/mol. The number of hydrogen-bond acceptors (Lipinski definition) is 4. The predicted octanol–water partition coefficient (Wildman–Crippen LogP) is 2.19. The number of alkyl halides is 1. The van der Waals surface area contributed by atoms with Crippen LogP contribution < -0.4 is 0 Å². The topological polar surface area (TPSA) is 61.4 Å². The van der Waals surface area contributed by atoms with E-state index in [4.69, 9.17) is 23.2 Å². The smallest absolute Gasteiger partial charge is 0.160 e. The van der Waals surface area contributed by atoms with Crippen LogP contribution in [0.25, 0.3) is 11.2 Å². The fraction of sp³-hybridized carbons (Fsp3) is 0.333. The molecule has 0 N–H and O–H groups in total. The first-order chi connectivity index (χ1) is 9.67. The molecule has 3 aromatic rings. The van der Waals surface area contributed by atoms with E-state index in [2.05, 4.69) is 20.1 Å². The van der Waals surface area contributed by atoms with Crippen molar-refractivity contribution in [3.63, 3.8) is 0 Å². The normalized spacial score (nSPS) is 11.3. The highest BCUT2D eigenvalue weighted by atomic mass is 35.5. The van der Waals surface area contributed by atoms with Crippen LogP contribution in [0.3, 0.4) is 0 Å². The number of pyridine rings is 1. The second kappa shape index (κ2) is 5.38.